The number of rotatable bonds is 2. The third-order valence-corrected chi connectivity index (χ3v) is 4.28. The monoisotopic (exact) mass is 283 g/mol. The van der Waals surface area contributed by atoms with Crippen molar-refractivity contribution >= 4 is 27.9 Å². The van der Waals surface area contributed by atoms with Crippen molar-refractivity contribution in [1.82, 2.24) is 4.90 Å². The molecule has 6 heteroatoms. The fourth-order valence-electron chi connectivity index (χ4n) is 2.28. The number of carbonyl (C=O) groups excluding carboxylic acids is 1. The van der Waals surface area contributed by atoms with E-state index in [0.29, 0.717) is 10.6 Å². The lowest BCUT2D eigenvalue weighted by molar-refractivity contribution is -0.00500. The molecule has 2 unspecified atom stereocenters. The zero-order chi connectivity index (χ0) is 14.2. The highest BCUT2D eigenvalue weighted by molar-refractivity contribution is 7.18. The molecule has 0 aromatic carbocycles. The number of hydrogen-bond donors (Lipinski definition) is 1. The summed E-state index contributed by atoms with van der Waals surface area (Å²) < 4.78 is 5.72. The second kappa shape index (κ2) is 5.38. The summed E-state index contributed by atoms with van der Waals surface area (Å²) in [4.78, 5) is 16.4. The average Bonchev–Trinajstić information content (AvgIpc) is 2.69. The summed E-state index contributed by atoms with van der Waals surface area (Å²) in [6, 6.07) is 1.90. The Morgan fingerprint density at radius 3 is 2.53 bits per heavy atom. The van der Waals surface area contributed by atoms with Crippen LogP contribution in [0.1, 0.15) is 23.5 Å². The summed E-state index contributed by atoms with van der Waals surface area (Å²) in [5.41, 5.74) is 6.52. The van der Waals surface area contributed by atoms with E-state index in [1.54, 1.807) is 19.0 Å². The van der Waals surface area contributed by atoms with E-state index in [1.807, 2.05) is 6.07 Å². The van der Waals surface area contributed by atoms with E-state index in [2.05, 4.69) is 18.7 Å². The molecule has 1 aromatic heterocycles. The largest absolute Gasteiger partial charge is 0.397 e. The fraction of sp³-hybridized carbons (Fsp3) is 0.615. The third-order valence-electron chi connectivity index (χ3n) is 3.08. The standard InChI is InChI=1S/C13H21N3O2S/c1-8-6-16(7-9(2)18-8)11-5-10(14)12(19-11)13(17)15(3)4/h5,8-9H,6-7,14H2,1-4H3. The van der Waals surface area contributed by atoms with Crippen molar-refractivity contribution in [3.63, 3.8) is 0 Å². The molecule has 0 saturated carbocycles. The molecule has 19 heavy (non-hydrogen) atoms. The maximum atomic E-state index is 12.0. The summed E-state index contributed by atoms with van der Waals surface area (Å²) in [5, 5.41) is 1.05. The first-order valence-corrected chi connectivity index (χ1v) is 7.21. The van der Waals surface area contributed by atoms with Crippen molar-refractivity contribution in [2.24, 2.45) is 0 Å². The third kappa shape index (κ3) is 3.01. The van der Waals surface area contributed by atoms with Crippen molar-refractivity contribution < 1.29 is 9.53 Å². The first kappa shape index (κ1) is 14.1. The Balaban J connectivity index is 2.22. The van der Waals surface area contributed by atoms with Crippen LogP contribution in [0.5, 0.6) is 0 Å². The average molecular weight is 283 g/mol. The van der Waals surface area contributed by atoms with E-state index >= 15 is 0 Å². The lowest BCUT2D eigenvalue weighted by Crippen LogP contribution is -2.45. The molecule has 0 spiro atoms. The van der Waals surface area contributed by atoms with Crippen molar-refractivity contribution in [3.8, 4) is 0 Å². The SMILES string of the molecule is CC1CN(c2cc(N)c(C(=O)N(C)C)s2)CC(C)O1. The fourth-order valence-corrected chi connectivity index (χ4v) is 3.40. The Morgan fingerprint density at radius 2 is 2.00 bits per heavy atom. The number of nitrogens with two attached hydrogens (primary N) is 1. The molecule has 1 amide bonds. The quantitative estimate of drug-likeness (QED) is 0.896. The van der Waals surface area contributed by atoms with Crippen LogP contribution < -0.4 is 10.6 Å². The van der Waals surface area contributed by atoms with E-state index in [0.717, 1.165) is 18.1 Å². The molecule has 2 heterocycles. The first-order valence-electron chi connectivity index (χ1n) is 6.40. The van der Waals surface area contributed by atoms with Gasteiger partial charge >= 0.3 is 0 Å². The Morgan fingerprint density at radius 1 is 1.42 bits per heavy atom. The summed E-state index contributed by atoms with van der Waals surface area (Å²) in [7, 11) is 3.47. The van der Waals surface area contributed by atoms with Gasteiger partial charge in [0, 0.05) is 27.2 Å². The van der Waals surface area contributed by atoms with Crippen LogP contribution in [0.15, 0.2) is 6.07 Å². The highest BCUT2D eigenvalue weighted by Crippen LogP contribution is 2.34. The van der Waals surface area contributed by atoms with Crippen molar-refractivity contribution in [2.45, 2.75) is 26.1 Å². The second-order valence-electron chi connectivity index (χ2n) is 5.23. The van der Waals surface area contributed by atoms with Gasteiger partial charge in [-0.05, 0) is 19.9 Å². The van der Waals surface area contributed by atoms with E-state index < -0.39 is 0 Å². The van der Waals surface area contributed by atoms with Crippen LogP contribution >= 0.6 is 11.3 Å². The number of nitrogen functional groups attached to an aromatic ring is 1. The number of amides is 1. The molecule has 1 aromatic rings. The summed E-state index contributed by atoms with van der Waals surface area (Å²) in [6.45, 7) is 5.79. The van der Waals surface area contributed by atoms with Crippen LogP contribution in [0.4, 0.5) is 10.7 Å². The van der Waals surface area contributed by atoms with E-state index in [9.17, 15) is 4.79 Å². The van der Waals surface area contributed by atoms with Crippen molar-refractivity contribution in [1.29, 1.82) is 0 Å². The van der Waals surface area contributed by atoms with Gasteiger partial charge in [-0.15, -0.1) is 11.3 Å². The number of anilines is 2. The molecule has 0 radical (unpaired) electrons. The summed E-state index contributed by atoms with van der Waals surface area (Å²) in [5.74, 6) is -0.0388. The van der Waals surface area contributed by atoms with Crippen molar-refractivity contribution in [3.05, 3.63) is 10.9 Å². The molecule has 106 valence electrons. The lowest BCUT2D eigenvalue weighted by atomic mass is 10.2. The molecule has 0 bridgehead atoms. The number of thiophene rings is 1. The Hall–Kier alpha value is -1.27. The van der Waals surface area contributed by atoms with Crippen LogP contribution in [0.25, 0.3) is 0 Å². The number of ether oxygens (including phenoxy) is 1. The molecular formula is C13H21N3O2S. The highest BCUT2D eigenvalue weighted by atomic mass is 32.1. The number of morpholine rings is 1. The van der Waals surface area contributed by atoms with Gasteiger partial charge in [0.25, 0.3) is 5.91 Å². The predicted octanol–water partition coefficient (Wildman–Crippen LogP) is 1.65. The maximum Gasteiger partial charge on any atom is 0.265 e. The van der Waals surface area contributed by atoms with Gasteiger partial charge in [-0.2, -0.15) is 0 Å². The van der Waals surface area contributed by atoms with Gasteiger partial charge in [0.15, 0.2) is 0 Å². The lowest BCUT2D eigenvalue weighted by Gasteiger charge is -2.35. The smallest absolute Gasteiger partial charge is 0.265 e. The van der Waals surface area contributed by atoms with Gasteiger partial charge in [0.1, 0.15) is 4.88 Å². The molecule has 0 aliphatic carbocycles. The summed E-state index contributed by atoms with van der Waals surface area (Å²) >= 11 is 1.46. The molecule has 2 rings (SSSR count). The Labute approximate surface area is 117 Å². The highest BCUT2D eigenvalue weighted by Gasteiger charge is 2.25. The van der Waals surface area contributed by atoms with Crippen LogP contribution in [0.2, 0.25) is 0 Å². The zero-order valence-electron chi connectivity index (χ0n) is 11.8. The molecule has 1 saturated heterocycles. The topological polar surface area (TPSA) is 58.8 Å². The summed E-state index contributed by atoms with van der Waals surface area (Å²) in [6.07, 6.45) is 0.389. The Bertz CT molecular complexity index is 462. The maximum absolute atomic E-state index is 12.0. The van der Waals surface area contributed by atoms with Crippen LogP contribution in [0, 0.1) is 0 Å². The van der Waals surface area contributed by atoms with Crippen LogP contribution in [-0.4, -0.2) is 50.2 Å². The Kier molecular flexibility index (Phi) is 4.01. The van der Waals surface area contributed by atoms with Crippen LogP contribution in [-0.2, 0) is 4.74 Å². The molecule has 5 nitrogen and oxygen atoms in total. The molecular weight excluding hydrogens is 262 g/mol. The molecule has 2 atom stereocenters. The first-order chi connectivity index (χ1) is 8.88. The van der Waals surface area contributed by atoms with Gasteiger partial charge in [-0.1, -0.05) is 0 Å². The van der Waals surface area contributed by atoms with Gasteiger partial charge in [0.05, 0.1) is 22.9 Å². The minimum atomic E-state index is -0.0388. The minimum Gasteiger partial charge on any atom is -0.397 e. The van der Waals surface area contributed by atoms with E-state index in [1.165, 1.54) is 11.3 Å². The van der Waals surface area contributed by atoms with Gasteiger partial charge in [-0.25, -0.2) is 0 Å². The molecule has 1 aliphatic heterocycles. The molecule has 2 N–H and O–H groups in total. The van der Waals surface area contributed by atoms with Crippen molar-refractivity contribution in [2.75, 3.05) is 37.8 Å². The number of hydrogen-bond acceptors (Lipinski definition) is 5. The molecule has 1 fully saturated rings. The van der Waals surface area contributed by atoms with Gasteiger partial charge in [-0.3, -0.25) is 4.79 Å². The zero-order valence-corrected chi connectivity index (χ0v) is 12.7. The van der Waals surface area contributed by atoms with Gasteiger partial charge < -0.3 is 20.3 Å². The number of carbonyl (C=O) groups is 1. The van der Waals surface area contributed by atoms with E-state index in [-0.39, 0.29) is 18.1 Å². The van der Waals surface area contributed by atoms with E-state index in [4.69, 9.17) is 10.5 Å². The molecule has 1 aliphatic rings. The van der Waals surface area contributed by atoms with Gasteiger partial charge in [0.2, 0.25) is 0 Å². The normalized spacial score (nSPS) is 23.5. The van der Waals surface area contributed by atoms with Crippen LogP contribution in [0.3, 0.4) is 0 Å². The second-order valence-corrected chi connectivity index (χ2v) is 6.26. The number of nitrogens with zero attached hydrogens (tertiary/aromatic N) is 2. The predicted molar refractivity (Wildman–Crippen MR) is 79.0 cm³/mol. The minimum absolute atomic E-state index is 0.0388.